The number of carbonyl (C=O) groups excluding carboxylic acids is 1. The fourth-order valence-electron chi connectivity index (χ4n) is 4.22. The van der Waals surface area contributed by atoms with Crippen LogP contribution in [0.5, 0.6) is 5.75 Å². The van der Waals surface area contributed by atoms with Gasteiger partial charge in [-0.15, -0.1) is 0 Å². The predicted octanol–water partition coefficient (Wildman–Crippen LogP) is 2.57. The second-order valence-corrected chi connectivity index (χ2v) is 8.36. The van der Waals surface area contributed by atoms with Crippen LogP contribution < -0.4 is 20.8 Å². The second-order valence-electron chi connectivity index (χ2n) is 8.36. The molecule has 0 bridgehead atoms. The van der Waals surface area contributed by atoms with Crippen LogP contribution in [0.15, 0.2) is 36.9 Å². The Kier molecular flexibility index (Phi) is 7.69. The first-order valence-corrected chi connectivity index (χ1v) is 11.4. The summed E-state index contributed by atoms with van der Waals surface area (Å²) in [6.07, 6.45) is 10.4. The molecule has 10 heteroatoms. The molecule has 33 heavy (non-hydrogen) atoms. The Morgan fingerprint density at radius 2 is 2.15 bits per heavy atom. The van der Waals surface area contributed by atoms with E-state index >= 15 is 0 Å². The number of hydrogen-bond acceptors (Lipinski definition) is 8. The number of aliphatic hydroxyl groups is 1. The van der Waals surface area contributed by atoms with Crippen molar-refractivity contribution in [2.75, 3.05) is 30.5 Å². The van der Waals surface area contributed by atoms with Gasteiger partial charge in [-0.3, -0.25) is 4.79 Å². The molecular formula is C23H31N7O3. The highest BCUT2D eigenvalue weighted by atomic mass is 16.5. The molecular weight excluding hydrogens is 422 g/mol. The average molecular weight is 454 g/mol. The molecule has 2 aromatic heterocycles. The highest BCUT2D eigenvalue weighted by molar-refractivity contribution is 5.91. The fourth-order valence-corrected chi connectivity index (χ4v) is 4.22. The van der Waals surface area contributed by atoms with Crippen LogP contribution in [0.25, 0.3) is 10.9 Å². The van der Waals surface area contributed by atoms with Crippen molar-refractivity contribution >= 4 is 28.3 Å². The summed E-state index contributed by atoms with van der Waals surface area (Å²) in [6, 6.07) is 6.15. The van der Waals surface area contributed by atoms with Gasteiger partial charge in [0.15, 0.2) is 0 Å². The van der Waals surface area contributed by atoms with E-state index in [2.05, 4.69) is 31.1 Å². The molecule has 2 heterocycles. The van der Waals surface area contributed by atoms with E-state index in [0.717, 1.165) is 42.5 Å². The van der Waals surface area contributed by atoms with Gasteiger partial charge in [0.25, 0.3) is 0 Å². The summed E-state index contributed by atoms with van der Waals surface area (Å²) in [5, 5.41) is 21.3. The van der Waals surface area contributed by atoms with Crippen LogP contribution in [0.2, 0.25) is 0 Å². The maximum absolute atomic E-state index is 11.2. The van der Waals surface area contributed by atoms with E-state index in [1.165, 1.54) is 30.9 Å². The molecule has 3 aromatic rings. The van der Waals surface area contributed by atoms with Crippen LogP contribution in [-0.2, 0) is 4.79 Å². The summed E-state index contributed by atoms with van der Waals surface area (Å²) in [5.74, 6) is 1.58. The minimum Gasteiger partial charge on any atom is -0.493 e. The minimum atomic E-state index is -0.205. The van der Waals surface area contributed by atoms with Crippen LogP contribution in [0.1, 0.15) is 39.0 Å². The van der Waals surface area contributed by atoms with E-state index in [1.807, 2.05) is 18.2 Å². The van der Waals surface area contributed by atoms with Crippen LogP contribution >= 0.6 is 0 Å². The molecule has 0 aliphatic heterocycles. The number of aromatic nitrogens is 4. The van der Waals surface area contributed by atoms with Crippen molar-refractivity contribution in [2.45, 2.75) is 45.1 Å². The van der Waals surface area contributed by atoms with Crippen LogP contribution in [0.4, 0.5) is 11.5 Å². The van der Waals surface area contributed by atoms with E-state index in [9.17, 15) is 9.90 Å². The second kappa shape index (κ2) is 11.1. The molecule has 176 valence electrons. The summed E-state index contributed by atoms with van der Waals surface area (Å²) in [6.45, 7) is 3.17. The summed E-state index contributed by atoms with van der Waals surface area (Å²) in [4.78, 5) is 21.2. The van der Waals surface area contributed by atoms with Gasteiger partial charge >= 0.3 is 0 Å². The van der Waals surface area contributed by atoms with Gasteiger partial charge in [0.2, 0.25) is 5.91 Å². The van der Waals surface area contributed by atoms with Crippen LogP contribution in [0, 0.1) is 5.92 Å². The molecule has 1 aliphatic carbocycles. The summed E-state index contributed by atoms with van der Waals surface area (Å²) in [5.41, 5.74) is 4.03. The Hall–Kier alpha value is -3.24. The number of benzene rings is 1. The Balaban J connectivity index is 1.30. The zero-order valence-electron chi connectivity index (χ0n) is 18.8. The number of ether oxygens (including phenoxy) is 1. The van der Waals surface area contributed by atoms with E-state index in [-0.39, 0.29) is 12.5 Å². The number of amides is 1. The van der Waals surface area contributed by atoms with Crippen molar-refractivity contribution in [2.24, 2.45) is 5.92 Å². The zero-order chi connectivity index (χ0) is 23.0. The number of rotatable bonds is 10. The molecule has 1 aliphatic rings. The molecule has 0 spiro atoms. The normalized spacial score (nSPS) is 18.2. The van der Waals surface area contributed by atoms with Crippen molar-refractivity contribution in [1.29, 1.82) is 0 Å². The fraction of sp³-hybridized carbons (Fsp3) is 0.478. The van der Waals surface area contributed by atoms with Gasteiger partial charge < -0.3 is 20.5 Å². The third-order valence-electron chi connectivity index (χ3n) is 5.87. The zero-order valence-corrected chi connectivity index (χ0v) is 18.8. The van der Waals surface area contributed by atoms with E-state index < -0.39 is 0 Å². The van der Waals surface area contributed by atoms with Gasteiger partial charge in [0.1, 0.15) is 17.9 Å². The standard InChI is InChI=1S/C23H31N7O3/c1-16(32)29-30-13-18(12-27-30)28-23-20-8-7-19(11-22(20)25-15-26-23)33-10-4-9-24-21-6-3-2-5-17(21)14-31/h7-8,11-13,15,17,21,24,31H,2-6,9-10,14H2,1H3,(H,29,32)(H,25,26,28). The van der Waals surface area contributed by atoms with Crippen molar-refractivity contribution in [3.8, 4) is 5.75 Å². The third-order valence-corrected chi connectivity index (χ3v) is 5.87. The Morgan fingerprint density at radius 3 is 3.00 bits per heavy atom. The van der Waals surface area contributed by atoms with Gasteiger partial charge in [0, 0.05) is 31.0 Å². The van der Waals surface area contributed by atoms with Crippen molar-refractivity contribution in [1.82, 2.24) is 25.2 Å². The lowest BCUT2D eigenvalue weighted by atomic mass is 9.85. The van der Waals surface area contributed by atoms with Gasteiger partial charge in [-0.05, 0) is 43.9 Å². The maximum atomic E-state index is 11.2. The minimum absolute atomic E-state index is 0.205. The van der Waals surface area contributed by atoms with Crippen LogP contribution in [-0.4, -0.2) is 56.7 Å². The first-order valence-electron chi connectivity index (χ1n) is 11.4. The van der Waals surface area contributed by atoms with Gasteiger partial charge in [-0.25, -0.2) is 15.4 Å². The van der Waals surface area contributed by atoms with Crippen molar-refractivity contribution < 1.29 is 14.6 Å². The molecule has 4 N–H and O–H groups in total. The summed E-state index contributed by atoms with van der Waals surface area (Å²) >= 11 is 0. The Morgan fingerprint density at radius 1 is 1.27 bits per heavy atom. The lowest BCUT2D eigenvalue weighted by Crippen LogP contribution is -2.40. The largest absolute Gasteiger partial charge is 0.493 e. The number of hydrogen-bond donors (Lipinski definition) is 4. The van der Waals surface area contributed by atoms with Gasteiger partial charge in [-0.2, -0.15) is 9.89 Å². The van der Waals surface area contributed by atoms with E-state index in [0.29, 0.717) is 30.1 Å². The molecule has 0 saturated heterocycles. The van der Waals surface area contributed by atoms with Gasteiger partial charge in [-0.1, -0.05) is 12.8 Å². The third kappa shape index (κ3) is 6.17. The number of aliphatic hydroxyl groups excluding tert-OH is 1. The number of fused-ring (bicyclic) bond motifs is 1. The molecule has 10 nitrogen and oxygen atoms in total. The van der Waals surface area contributed by atoms with Crippen LogP contribution in [0.3, 0.4) is 0 Å². The Labute approximate surface area is 192 Å². The molecule has 0 radical (unpaired) electrons. The highest BCUT2D eigenvalue weighted by Gasteiger charge is 2.23. The van der Waals surface area contributed by atoms with Gasteiger partial charge in [0.05, 0.1) is 30.2 Å². The van der Waals surface area contributed by atoms with E-state index in [1.54, 1.807) is 12.4 Å². The first kappa shape index (κ1) is 22.9. The predicted molar refractivity (Wildman–Crippen MR) is 126 cm³/mol. The quantitative estimate of drug-likeness (QED) is 0.345. The molecule has 1 amide bonds. The molecule has 2 unspecified atom stereocenters. The van der Waals surface area contributed by atoms with Crippen molar-refractivity contribution in [3.05, 3.63) is 36.9 Å². The molecule has 1 aromatic carbocycles. The average Bonchev–Trinajstić information content (AvgIpc) is 3.25. The van der Waals surface area contributed by atoms with Crippen molar-refractivity contribution in [3.63, 3.8) is 0 Å². The molecule has 1 fully saturated rings. The summed E-state index contributed by atoms with van der Waals surface area (Å²) < 4.78 is 5.93. The maximum Gasteiger partial charge on any atom is 0.236 e. The SMILES string of the molecule is CC(=O)Nn1cc(Nc2ncnc3cc(OCCCNC4CCCCC4CO)ccc23)cn1. The molecule has 2 atom stereocenters. The van der Waals surface area contributed by atoms with E-state index in [4.69, 9.17) is 4.74 Å². The Bertz CT molecular complexity index is 1070. The molecule has 1 saturated carbocycles. The monoisotopic (exact) mass is 453 g/mol. The number of carbonyl (C=O) groups is 1. The topological polar surface area (TPSA) is 126 Å². The first-order chi connectivity index (χ1) is 16.1. The smallest absolute Gasteiger partial charge is 0.236 e. The summed E-state index contributed by atoms with van der Waals surface area (Å²) in [7, 11) is 0. The number of nitrogens with zero attached hydrogens (tertiary/aromatic N) is 4. The lowest BCUT2D eigenvalue weighted by Gasteiger charge is -2.31. The number of anilines is 2. The highest BCUT2D eigenvalue weighted by Crippen LogP contribution is 2.26. The lowest BCUT2D eigenvalue weighted by molar-refractivity contribution is -0.115. The number of nitrogens with one attached hydrogen (secondary N) is 3. The molecule has 4 rings (SSSR count).